The van der Waals surface area contributed by atoms with Gasteiger partial charge in [0.25, 0.3) is 17.4 Å². The van der Waals surface area contributed by atoms with Gasteiger partial charge in [0.1, 0.15) is 4.83 Å². The normalized spacial score (nSPS) is 15.9. The molecule has 0 spiro atoms. The third-order valence-corrected chi connectivity index (χ3v) is 7.27. The number of thioether (sulfide) groups is 1. The smallest absolute Gasteiger partial charge is 0.261 e. The molecule has 2 amide bonds. The van der Waals surface area contributed by atoms with Crippen LogP contribution in [0, 0.1) is 0 Å². The van der Waals surface area contributed by atoms with Crippen molar-refractivity contribution in [1.29, 1.82) is 0 Å². The van der Waals surface area contributed by atoms with Gasteiger partial charge in [-0.25, -0.2) is 4.98 Å². The molecule has 1 N–H and O–H groups in total. The summed E-state index contributed by atoms with van der Waals surface area (Å²) >= 11 is 2.98. The summed E-state index contributed by atoms with van der Waals surface area (Å²) in [5, 5.41) is 1.28. The molecular weight excluding hydrogens is 394 g/mol. The van der Waals surface area contributed by atoms with Crippen molar-refractivity contribution in [2.24, 2.45) is 0 Å². The van der Waals surface area contributed by atoms with E-state index in [1.165, 1.54) is 33.5 Å². The summed E-state index contributed by atoms with van der Waals surface area (Å²) in [6.45, 7) is 0.277. The highest BCUT2D eigenvalue weighted by Crippen LogP contribution is 2.34. The van der Waals surface area contributed by atoms with Crippen LogP contribution in [0.2, 0.25) is 0 Å². The highest BCUT2D eigenvalue weighted by Gasteiger charge is 2.34. The van der Waals surface area contributed by atoms with Crippen molar-refractivity contribution < 1.29 is 9.59 Å². The molecule has 0 atom stereocenters. The lowest BCUT2D eigenvalue weighted by molar-refractivity contribution is 0.0664. The summed E-state index contributed by atoms with van der Waals surface area (Å²) in [6, 6.07) is 6.86. The fourth-order valence-electron chi connectivity index (χ4n) is 3.89. The van der Waals surface area contributed by atoms with E-state index in [-0.39, 0.29) is 23.9 Å². The molecule has 1 aliphatic carbocycles. The number of carbonyl (C=O) groups is 2. The van der Waals surface area contributed by atoms with Crippen LogP contribution in [0.5, 0.6) is 0 Å². The van der Waals surface area contributed by atoms with Gasteiger partial charge in [-0.2, -0.15) is 0 Å². The minimum Gasteiger partial charge on any atom is -0.301 e. The second-order valence-corrected chi connectivity index (χ2v) is 9.09. The van der Waals surface area contributed by atoms with Gasteiger partial charge >= 0.3 is 0 Å². The number of aryl methyl sites for hydroxylation is 2. The number of fused-ring (bicyclic) bond motifs is 4. The maximum atomic E-state index is 12.6. The monoisotopic (exact) mass is 411 g/mol. The molecule has 2 aromatic heterocycles. The fraction of sp³-hybridized carbons (Fsp3) is 0.300. The standard InChI is InChI=1S/C20H17N3O3S2/c24-16-15-13-7-3-4-8-14(13)28-17(15)22-20(21-16)27-10-9-23-18(25)11-5-1-2-6-12(11)19(23)26/h1-2,5-6H,3-4,7-10H2,(H,21,22,24). The van der Waals surface area contributed by atoms with E-state index in [9.17, 15) is 14.4 Å². The van der Waals surface area contributed by atoms with Crippen molar-refractivity contribution in [2.45, 2.75) is 30.8 Å². The summed E-state index contributed by atoms with van der Waals surface area (Å²) in [4.78, 5) is 48.2. The highest BCUT2D eigenvalue weighted by atomic mass is 32.2. The number of aromatic amines is 1. The van der Waals surface area contributed by atoms with E-state index >= 15 is 0 Å². The van der Waals surface area contributed by atoms with Crippen molar-refractivity contribution in [1.82, 2.24) is 14.9 Å². The van der Waals surface area contributed by atoms with Gasteiger partial charge in [0.15, 0.2) is 5.16 Å². The van der Waals surface area contributed by atoms with Crippen LogP contribution in [0.4, 0.5) is 0 Å². The lowest BCUT2D eigenvalue weighted by atomic mass is 9.97. The number of benzene rings is 1. The zero-order chi connectivity index (χ0) is 19.3. The summed E-state index contributed by atoms with van der Waals surface area (Å²) in [7, 11) is 0. The number of amides is 2. The van der Waals surface area contributed by atoms with E-state index in [1.807, 2.05) is 0 Å². The minimum atomic E-state index is -0.260. The van der Waals surface area contributed by atoms with Crippen LogP contribution in [-0.4, -0.2) is 39.0 Å². The molecule has 0 radical (unpaired) electrons. The van der Waals surface area contributed by atoms with Gasteiger partial charge in [-0.05, 0) is 43.4 Å². The maximum Gasteiger partial charge on any atom is 0.261 e. The van der Waals surface area contributed by atoms with Crippen LogP contribution < -0.4 is 5.56 Å². The molecule has 28 heavy (non-hydrogen) atoms. The number of carbonyl (C=O) groups excluding carboxylic acids is 2. The molecule has 0 unspecified atom stereocenters. The molecule has 0 saturated heterocycles. The van der Waals surface area contributed by atoms with Crippen molar-refractivity contribution in [2.75, 3.05) is 12.3 Å². The molecule has 0 saturated carbocycles. The molecule has 2 aliphatic rings. The van der Waals surface area contributed by atoms with Crippen LogP contribution in [0.15, 0.2) is 34.2 Å². The Bertz CT molecular complexity index is 1150. The first-order valence-electron chi connectivity index (χ1n) is 9.26. The molecule has 142 valence electrons. The molecule has 1 aliphatic heterocycles. The number of aromatic nitrogens is 2. The highest BCUT2D eigenvalue weighted by molar-refractivity contribution is 7.99. The van der Waals surface area contributed by atoms with Crippen LogP contribution in [0.3, 0.4) is 0 Å². The van der Waals surface area contributed by atoms with E-state index < -0.39 is 0 Å². The summed E-state index contributed by atoms with van der Waals surface area (Å²) in [6.07, 6.45) is 4.26. The average molecular weight is 412 g/mol. The first-order chi connectivity index (χ1) is 13.6. The molecule has 0 fully saturated rings. The molecule has 5 rings (SSSR count). The number of nitrogens with zero attached hydrogens (tertiary/aromatic N) is 2. The van der Waals surface area contributed by atoms with Crippen LogP contribution in [-0.2, 0) is 12.8 Å². The number of hydrogen-bond donors (Lipinski definition) is 1. The zero-order valence-corrected chi connectivity index (χ0v) is 16.6. The minimum absolute atomic E-state index is 0.0902. The molecule has 3 aromatic rings. The quantitative estimate of drug-likeness (QED) is 0.405. The van der Waals surface area contributed by atoms with Crippen LogP contribution in [0.25, 0.3) is 10.2 Å². The number of nitrogens with one attached hydrogen (secondary N) is 1. The Labute approximate surface area is 169 Å². The summed E-state index contributed by atoms with van der Waals surface area (Å²) < 4.78 is 0. The summed E-state index contributed by atoms with van der Waals surface area (Å²) in [5.74, 6) is -0.0431. The first-order valence-corrected chi connectivity index (χ1v) is 11.1. The van der Waals surface area contributed by atoms with E-state index in [4.69, 9.17) is 0 Å². The van der Waals surface area contributed by atoms with E-state index in [0.717, 1.165) is 29.5 Å². The van der Waals surface area contributed by atoms with E-state index in [1.54, 1.807) is 35.6 Å². The fourth-order valence-corrected chi connectivity index (χ4v) is 6.00. The van der Waals surface area contributed by atoms with Crippen LogP contribution >= 0.6 is 23.1 Å². The first kappa shape index (κ1) is 17.6. The molecule has 6 nitrogen and oxygen atoms in total. The van der Waals surface area contributed by atoms with Gasteiger partial charge in [-0.15, -0.1) is 11.3 Å². The molecule has 8 heteroatoms. The SMILES string of the molecule is O=C1c2ccccc2C(=O)N1CCSc1nc2sc3c(c2c(=O)[nH]1)CCCC3. The average Bonchev–Trinajstić information content (AvgIpc) is 3.19. The van der Waals surface area contributed by atoms with Gasteiger partial charge in [0.05, 0.1) is 16.5 Å². The number of thiophene rings is 1. The maximum absolute atomic E-state index is 12.6. The number of rotatable bonds is 4. The topological polar surface area (TPSA) is 83.1 Å². The molecule has 0 bridgehead atoms. The predicted octanol–water partition coefficient (Wildman–Crippen LogP) is 3.25. The van der Waals surface area contributed by atoms with E-state index in [2.05, 4.69) is 9.97 Å². The van der Waals surface area contributed by atoms with E-state index in [0.29, 0.717) is 22.0 Å². The number of imide groups is 1. The van der Waals surface area contributed by atoms with Gasteiger partial charge < -0.3 is 4.98 Å². The second-order valence-electron chi connectivity index (χ2n) is 6.92. The Kier molecular flexibility index (Phi) is 4.32. The molecular formula is C20H17N3O3S2. The number of hydrogen-bond acceptors (Lipinski definition) is 6. The Morgan fingerprint density at radius 1 is 1.07 bits per heavy atom. The Hall–Kier alpha value is -2.45. The molecule has 3 heterocycles. The van der Waals surface area contributed by atoms with Gasteiger partial charge in [-0.3, -0.25) is 19.3 Å². The van der Waals surface area contributed by atoms with Crippen molar-refractivity contribution >= 4 is 45.1 Å². The number of H-pyrrole nitrogens is 1. The second kappa shape index (κ2) is 6.86. The molecule has 1 aromatic carbocycles. The Morgan fingerprint density at radius 3 is 2.54 bits per heavy atom. The van der Waals surface area contributed by atoms with Crippen LogP contribution in [0.1, 0.15) is 44.0 Å². The van der Waals surface area contributed by atoms with Gasteiger partial charge in [0, 0.05) is 17.2 Å². The Balaban J connectivity index is 1.33. The predicted molar refractivity (Wildman–Crippen MR) is 109 cm³/mol. The van der Waals surface area contributed by atoms with Crippen molar-refractivity contribution in [3.05, 3.63) is 56.2 Å². The lowest BCUT2D eigenvalue weighted by Crippen LogP contribution is -2.31. The van der Waals surface area contributed by atoms with Gasteiger partial charge in [-0.1, -0.05) is 23.9 Å². The third-order valence-electron chi connectivity index (χ3n) is 5.24. The zero-order valence-electron chi connectivity index (χ0n) is 15.0. The lowest BCUT2D eigenvalue weighted by Gasteiger charge is -2.13. The largest absolute Gasteiger partial charge is 0.301 e. The van der Waals surface area contributed by atoms with Gasteiger partial charge in [0.2, 0.25) is 0 Å². The summed E-state index contributed by atoms with van der Waals surface area (Å²) in [5.41, 5.74) is 1.99. The Morgan fingerprint density at radius 2 is 1.79 bits per heavy atom. The van der Waals surface area contributed by atoms with Crippen molar-refractivity contribution in [3.63, 3.8) is 0 Å². The van der Waals surface area contributed by atoms with Crippen molar-refractivity contribution in [3.8, 4) is 0 Å². The third kappa shape index (κ3) is 2.79.